The van der Waals surface area contributed by atoms with Gasteiger partial charge in [0, 0.05) is 13.2 Å². The molecule has 2 N–H and O–H groups in total. The summed E-state index contributed by atoms with van der Waals surface area (Å²) < 4.78 is 6.44. The Morgan fingerprint density at radius 3 is 3.00 bits per heavy atom. The molecule has 0 fully saturated rings. The summed E-state index contributed by atoms with van der Waals surface area (Å²) in [7, 11) is 1.79. The van der Waals surface area contributed by atoms with E-state index in [-0.39, 0.29) is 11.2 Å². The number of hydrogen-bond acceptors (Lipinski definition) is 4. The number of amides is 1. The van der Waals surface area contributed by atoms with Crippen LogP contribution in [0.2, 0.25) is 5.28 Å². The van der Waals surface area contributed by atoms with Crippen molar-refractivity contribution >= 4 is 28.7 Å². The van der Waals surface area contributed by atoms with E-state index >= 15 is 0 Å². The Kier molecular flexibility index (Phi) is 2.20. The second-order valence-corrected chi connectivity index (χ2v) is 3.22. The lowest BCUT2D eigenvalue weighted by atomic mass is 10.4. The van der Waals surface area contributed by atoms with E-state index in [0.29, 0.717) is 11.0 Å². The number of nitrogens with zero attached hydrogens (tertiary/aromatic N) is 3. The van der Waals surface area contributed by atoms with Crippen molar-refractivity contribution in [1.82, 2.24) is 14.5 Å². The molecule has 2 rings (SSSR count). The molecule has 0 aliphatic rings. The number of rotatable bonds is 1. The number of aryl methyl sites for hydroxylation is 1. The van der Waals surface area contributed by atoms with E-state index in [1.807, 2.05) is 0 Å². The fraction of sp³-hybridized carbons (Fsp3) is 0.125. The lowest BCUT2D eigenvalue weighted by Crippen LogP contribution is -2.17. The van der Waals surface area contributed by atoms with Gasteiger partial charge in [-0.25, -0.2) is 4.79 Å². The Hall–Kier alpha value is -1.82. The molecule has 1 amide bonds. The standard InChI is InChI=1S/C8H7ClN4O2/c1-13-3-2-4-5(13)11-7(9)12-6(4)15-8(10)14/h2-3H,1H3,(H2,10,14). The molecule has 6 nitrogen and oxygen atoms in total. The monoisotopic (exact) mass is 226 g/mol. The van der Waals surface area contributed by atoms with E-state index in [0.717, 1.165) is 0 Å². The van der Waals surface area contributed by atoms with E-state index in [1.165, 1.54) is 0 Å². The van der Waals surface area contributed by atoms with Gasteiger partial charge in [-0.05, 0) is 17.7 Å². The molecule has 0 radical (unpaired) electrons. The minimum absolute atomic E-state index is 0.000509. The number of ether oxygens (including phenoxy) is 1. The van der Waals surface area contributed by atoms with E-state index < -0.39 is 6.09 Å². The van der Waals surface area contributed by atoms with Gasteiger partial charge >= 0.3 is 6.09 Å². The smallest absolute Gasteiger partial charge is 0.391 e. The van der Waals surface area contributed by atoms with Crippen LogP contribution in [-0.4, -0.2) is 20.6 Å². The Labute approximate surface area is 89.6 Å². The van der Waals surface area contributed by atoms with Crippen LogP contribution in [0.15, 0.2) is 12.3 Å². The molecule has 0 aliphatic carbocycles. The number of nitrogens with two attached hydrogens (primary N) is 1. The van der Waals surface area contributed by atoms with Crippen molar-refractivity contribution in [2.45, 2.75) is 0 Å². The molecule has 0 spiro atoms. The topological polar surface area (TPSA) is 83.0 Å². The van der Waals surface area contributed by atoms with Gasteiger partial charge in [-0.3, -0.25) is 0 Å². The van der Waals surface area contributed by atoms with Gasteiger partial charge in [-0.2, -0.15) is 9.97 Å². The average Bonchev–Trinajstić information content (AvgIpc) is 2.47. The van der Waals surface area contributed by atoms with Crippen LogP contribution < -0.4 is 10.5 Å². The quantitative estimate of drug-likeness (QED) is 0.738. The van der Waals surface area contributed by atoms with Crippen LogP contribution in [0.5, 0.6) is 5.88 Å². The summed E-state index contributed by atoms with van der Waals surface area (Å²) in [5.74, 6) is 0.0677. The molecule has 7 heteroatoms. The molecule has 0 bridgehead atoms. The maximum atomic E-state index is 10.6. The highest BCUT2D eigenvalue weighted by Crippen LogP contribution is 2.24. The highest BCUT2D eigenvalue weighted by molar-refractivity contribution is 6.28. The summed E-state index contributed by atoms with van der Waals surface area (Å²) in [6, 6.07) is 1.71. The second kappa shape index (κ2) is 3.39. The first kappa shape index (κ1) is 9.72. The first-order valence-electron chi connectivity index (χ1n) is 4.04. The average molecular weight is 227 g/mol. The zero-order valence-electron chi connectivity index (χ0n) is 7.77. The summed E-state index contributed by atoms with van der Waals surface area (Å²) in [4.78, 5) is 18.4. The van der Waals surface area contributed by atoms with Crippen LogP contribution in [0.4, 0.5) is 4.79 Å². The van der Waals surface area contributed by atoms with Crippen LogP contribution in [0.1, 0.15) is 0 Å². The number of carbonyl (C=O) groups is 1. The molecule has 2 aromatic heterocycles. The predicted octanol–water partition coefficient (Wildman–Crippen LogP) is 1.08. The molecule has 2 heterocycles. The van der Waals surface area contributed by atoms with Gasteiger partial charge in [0.05, 0.1) is 5.39 Å². The van der Waals surface area contributed by atoms with Gasteiger partial charge in [0.1, 0.15) is 5.65 Å². The first-order valence-corrected chi connectivity index (χ1v) is 4.41. The number of hydrogen-bond donors (Lipinski definition) is 1. The minimum atomic E-state index is -0.935. The molecule has 0 saturated heterocycles. The zero-order chi connectivity index (χ0) is 11.0. The normalized spacial score (nSPS) is 10.5. The number of halogens is 1. The van der Waals surface area contributed by atoms with Crippen LogP contribution in [-0.2, 0) is 7.05 Å². The van der Waals surface area contributed by atoms with E-state index in [1.54, 1.807) is 23.9 Å². The molecule has 0 aromatic carbocycles. The van der Waals surface area contributed by atoms with E-state index in [2.05, 4.69) is 9.97 Å². The lowest BCUT2D eigenvalue weighted by molar-refractivity contribution is 0.209. The highest BCUT2D eigenvalue weighted by atomic mass is 35.5. The molecule has 0 saturated carbocycles. The van der Waals surface area contributed by atoms with E-state index in [4.69, 9.17) is 22.1 Å². The predicted molar refractivity (Wildman–Crippen MR) is 53.7 cm³/mol. The van der Waals surface area contributed by atoms with Gasteiger partial charge in [-0.15, -0.1) is 0 Å². The number of carbonyl (C=O) groups excluding carboxylic acids is 1. The van der Waals surface area contributed by atoms with Gasteiger partial charge in [0.25, 0.3) is 0 Å². The summed E-state index contributed by atoms with van der Waals surface area (Å²) in [6.45, 7) is 0. The summed E-state index contributed by atoms with van der Waals surface area (Å²) in [6.07, 6.45) is 0.818. The Morgan fingerprint density at radius 2 is 2.33 bits per heavy atom. The van der Waals surface area contributed by atoms with Crippen molar-refractivity contribution in [2.75, 3.05) is 0 Å². The molecule has 15 heavy (non-hydrogen) atoms. The third-order valence-corrected chi connectivity index (χ3v) is 2.03. The van der Waals surface area contributed by atoms with Crippen molar-refractivity contribution in [3.05, 3.63) is 17.5 Å². The molecule has 0 unspecified atom stereocenters. The largest absolute Gasteiger partial charge is 0.411 e. The van der Waals surface area contributed by atoms with Crippen LogP contribution in [0, 0.1) is 0 Å². The summed E-state index contributed by atoms with van der Waals surface area (Å²) in [5.41, 5.74) is 5.48. The first-order chi connectivity index (χ1) is 7.08. The highest BCUT2D eigenvalue weighted by Gasteiger charge is 2.12. The third-order valence-electron chi connectivity index (χ3n) is 1.86. The zero-order valence-corrected chi connectivity index (χ0v) is 8.52. The molecule has 0 aliphatic heterocycles. The number of primary amides is 1. The maximum absolute atomic E-state index is 10.6. The van der Waals surface area contributed by atoms with Crippen molar-refractivity contribution in [3.8, 4) is 5.88 Å². The fourth-order valence-corrected chi connectivity index (χ4v) is 1.41. The van der Waals surface area contributed by atoms with Gasteiger partial charge in [0.2, 0.25) is 11.2 Å². The summed E-state index contributed by atoms with van der Waals surface area (Å²) >= 11 is 5.67. The van der Waals surface area contributed by atoms with E-state index in [9.17, 15) is 4.79 Å². The Morgan fingerprint density at radius 1 is 1.60 bits per heavy atom. The van der Waals surface area contributed by atoms with Crippen molar-refractivity contribution < 1.29 is 9.53 Å². The number of fused-ring (bicyclic) bond motifs is 1. The Balaban J connectivity index is 2.66. The lowest BCUT2D eigenvalue weighted by Gasteiger charge is -2.02. The molecule has 2 aromatic rings. The van der Waals surface area contributed by atoms with Crippen molar-refractivity contribution in [2.24, 2.45) is 12.8 Å². The SMILES string of the molecule is Cn1ccc2c(OC(N)=O)nc(Cl)nc21. The maximum Gasteiger partial charge on any atom is 0.411 e. The van der Waals surface area contributed by atoms with Gasteiger partial charge < -0.3 is 15.0 Å². The van der Waals surface area contributed by atoms with Gasteiger partial charge in [-0.1, -0.05) is 0 Å². The van der Waals surface area contributed by atoms with Crippen LogP contribution >= 0.6 is 11.6 Å². The van der Waals surface area contributed by atoms with Crippen LogP contribution in [0.25, 0.3) is 11.0 Å². The molecular formula is C8H7ClN4O2. The fourth-order valence-electron chi connectivity index (χ4n) is 1.26. The summed E-state index contributed by atoms with van der Waals surface area (Å²) in [5, 5.41) is 0.584. The third kappa shape index (κ3) is 1.71. The molecule has 0 atom stereocenters. The molecular weight excluding hydrogens is 220 g/mol. The second-order valence-electron chi connectivity index (χ2n) is 2.88. The minimum Gasteiger partial charge on any atom is -0.391 e. The van der Waals surface area contributed by atoms with Crippen molar-refractivity contribution in [1.29, 1.82) is 0 Å². The van der Waals surface area contributed by atoms with Crippen molar-refractivity contribution in [3.63, 3.8) is 0 Å². The molecule has 78 valence electrons. The van der Waals surface area contributed by atoms with Crippen LogP contribution in [0.3, 0.4) is 0 Å². The van der Waals surface area contributed by atoms with Gasteiger partial charge in [0.15, 0.2) is 0 Å². The number of aromatic nitrogens is 3. The Bertz CT molecular complexity index is 537.